The molecule has 1 saturated carbocycles. The molecule has 4 nitrogen and oxygen atoms in total. The van der Waals surface area contributed by atoms with Gasteiger partial charge in [-0.2, -0.15) is 0 Å². The number of hydrogen-bond acceptors (Lipinski definition) is 4. The van der Waals surface area contributed by atoms with Crippen LogP contribution in [0.15, 0.2) is 0 Å². The molecule has 118 valence electrons. The van der Waals surface area contributed by atoms with Gasteiger partial charge in [0.25, 0.3) is 0 Å². The Labute approximate surface area is 129 Å². The van der Waals surface area contributed by atoms with Crippen LogP contribution in [0.5, 0.6) is 0 Å². The highest BCUT2D eigenvalue weighted by molar-refractivity contribution is 5.57. The minimum absolute atomic E-state index is 0.528. The SMILES string of the molecule is CCCNc1nc(C)nc(NC2CCCC(C)C2C)c1C. The van der Waals surface area contributed by atoms with Crippen LogP contribution in [0.4, 0.5) is 11.6 Å². The maximum absolute atomic E-state index is 4.63. The summed E-state index contributed by atoms with van der Waals surface area (Å²) >= 11 is 0. The van der Waals surface area contributed by atoms with Gasteiger partial charge in [0.1, 0.15) is 17.5 Å². The van der Waals surface area contributed by atoms with Gasteiger partial charge in [-0.1, -0.05) is 33.6 Å². The van der Waals surface area contributed by atoms with Crippen LogP contribution in [0.3, 0.4) is 0 Å². The van der Waals surface area contributed by atoms with Gasteiger partial charge in [-0.3, -0.25) is 0 Å². The summed E-state index contributed by atoms with van der Waals surface area (Å²) in [5.41, 5.74) is 1.14. The number of hydrogen-bond donors (Lipinski definition) is 2. The molecule has 1 heterocycles. The van der Waals surface area contributed by atoms with Crippen LogP contribution in [0.25, 0.3) is 0 Å². The van der Waals surface area contributed by atoms with E-state index in [2.05, 4.69) is 48.3 Å². The first-order chi connectivity index (χ1) is 10.0. The van der Waals surface area contributed by atoms with Gasteiger partial charge in [0, 0.05) is 18.2 Å². The zero-order chi connectivity index (χ0) is 15.4. The molecule has 0 amide bonds. The van der Waals surface area contributed by atoms with E-state index < -0.39 is 0 Å². The molecule has 2 N–H and O–H groups in total. The predicted molar refractivity (Wildman–Crippen MR) is 89.9 cm³/mol. The molecule has 1 aromatic heterocycles. The molecule has 2 rings (SSSR count). The predicted octanol–water partition coefficient (Wildman–Crippen LogP) is 4.15. The second kappa shape index (κ2) is 7.10. The summed E-state index contributed by atoms with van der Waals surface area (Å²) in [6.45, 7) is 11.9. The lowest BCUT2D eigenvalue weighted by atomic mass is 9.78. The third kappa shape index (κ3) is 3.86. The van der Waals surface area contributed by atoms with Gasteiger partial charge in [-0.25, -0.2) is 9.97 Å². The fraction of sp³-hybridized carbons (Fsp3) is 0.765. The molecule has 0 spiro atoms. The summed E-state index contributed by atoms with van der Waals surface area (Å²) in [5.74, 6) is 4.30. The Bertz CT molecular complexity index is 472. The quantitative estimate of drug-likeness (QED) is 0.855. The fourth-order valence-corrected chi connectivity index (χ4v) is 3.15. The summed E-state index contributed by atoms with van der Waals surface area (Å²) in [6, 6.07) is 0.528. The average molecular weight is 290 g/mol. The summed E-state index contributed by atoms with van der Waals surface area (Å²) in [5, 5.41) is 7.11. The Kier molecular flexibility index (Phi) is 5.43. The van der Waals surface area contributed by atoms with Crippen molar-refractivity contribution in [2.45, 2.75) is 66.3 Å². The average Bonchev–Trinajstić information content (AvgIpc) is 2.45. The number of aromatic nitrogens is 2. The largest absolute Gasteiger partial charge is 0.370 e. The van der Waals surface area contributed by atoms with E-state index in [1.165, 1.54) is 19.3 Å². The second-order valence-corrected chi connectivity index (χ2v) is 6.54. The van der Waals surface area contributed by atoms with Crippen molar-refractivity contribution >= 4 is 11.6 Å². The van der Waals surface area contributed by atoms with Gasteiger partial charge >= 0.3 is 0 Å². The molecule has 0 aromatic carbocycles. The summed E-state index contributed by atoms with van der Waals surface area (Å²) in [7, 11) is 0. The van der Waals surface area contributed by atoms with E-state index in [-0.39, 0.29) is 0 Å². The lowest BCUT2D eigenvalue weighted by Gasteiger charge is -2.35. The van der Waals surface area contributed by atoms with Crippen molar-refractivity contribution in [3.63, 3.8) is 0 Å². The van der Waals surface area contributed by atoms with Gasteiger partial charge < -0.3 is 10.6 Å². The highest BCUT2D eigenvalue weighted by Gasteiger charge is 2.27. The van der Waals surface area contributed by atoms with Crippen molar-refractivity contribution in [2.24, 2.45) is 11.8 Å². The third-order valence-electron chi connectivity index (χ3n) is 4.83. The third-order valence-corrected chi connectivity index (χ3v) is 4.83. The number of nitrogens with one attached hydrogen (secondary N) is 2. The number of rotatable bonds is 5. The van der Waals surface area contributed by atoms with Crippen LogP contribution in [-0.4, -0.2) is 22.6 Å². The van der Waals surface area contributed by atoms with Gasteiger partial charge in [0.05, 0.1) is 0 Å². The van der Waals surface area contributed by atoms with Crippen LogP contribution in [0.2, 0.25) is 0 Å². The molecule has 0 aliphatic heterocycles. The Hall–Kier alpha value is -1.32. The summed E-state index contributed by atoms with van der Waals surface area (Å²) in [4.78, 5) is 9.17. The van der Waals surface area contributed by atoms with Crippen molar-refractivity contribution in [3.8, 4) is 0 Å². The molecule has 3 atom stereocenters. The van der Waals surface area contributed by atoms with Crippen LogP contribution < -0.4 is 10.6 Å². The molecule has 1 fully saturated rings. The van der Waals surface area contributed by atoms with E-state index in [0.717, 1.165) is 41.9 Å². The molecule has 3 unspecified atom stereocenters. The maximum atomic E-state index is 4.63. The highest BCUT2D eigenvalue weighted by Crippen LogP contribution is 2.32. The molecule has 4 heteroatoms. The Morgan fingerprint density at radius 1 is 1.10 bits per heavy atom. The molecule has 0 saturated heterocycles. The van der Waals surface area contributed by atoms with Crippen LogP contribution in [-0.2, 0) is 0 Å². The first-order valence-electron chi connectivity index (χ1n) is 8.38. The standard InChI is InChI=1S/C17H30N4/c1-6-10-18-16-13(4)17(20-14(5)19-16)21-15-9-7-8-11(2)12(15)3/h11-12,15H,6-10H2,1-5H3,(H2,18,19,20,21). The summed E-state index contributed by atoms with van der Waals surface area (Å²) < 4.78 is 0. The monoisotopic (exact) mass is 290 g/mol. The highest BCUT2D eigenvalue weighted by atomic mass is 15.1. The van der Waals surface area contributed by atoms with E-state index in [0.29, 0.717) is 12.0 Å². The number of aryl methyl sites for hydroxylation is 1. The van der Waals surface area contributed by atoms with Crippen LogP contribution in [0.1, 0.15) is 57.8 Å². The molecular formula is C17H30N4. The first kappa shape index (κ1) is 16.1. The molecule has 0 bridgehead atoms. The van der Waals surface area contributed by atoms with E-state index in [4.69, 9.17) is 0 Å². The maximum Gasteiger partial charge on any atom is 0.134 e. The lowest BCUT2D eigenvalue weighted by molar-refractivity contribution is 0.253. The molecule has 0 radical (unpaired) electrons. The van der Waals surface area contributed by atoms with Gasteiger partial charge in [0.2, 0.25) is 0 Å². The van der Waals surface area contributed by atoms with Gasteiger partial charge in [0.15, 0.2) is 0 Å². The van der Waals surface area contributed by atoms with E-state index in [9.17, 15) is 0 Å². The number of nitrogens with zero attached hydrogens (tertiary/aromatic N) is 2. The smallest absolute Gasteiger partial charge is 0.134 e. The zero-order valence-corrected chi connectivity index (χ0v) is 14.2. The minimum atomic E-state index is 0.528. The molecular weight excluding hydrogens is 260 g/mol. The first-order valence-corrected chi connectivity index (χ1v) is 8.38. The molecule has 1 aliphatic carbocycles. The van der Waals surface area contributed by atoms with Crippen molar-refractivity contribution in [1.82, 2.24) is 9.97 Å². The summed E-state index contributed by atoms with van der Waals surface area (Å²) in [6.07, 6.45) is 5.01. The molecule has 1 aromatic rings. The minimum Gasteiger partial charge on any atom is -0.370 e. The van der Waals surface area contributed by atoms with E-state index in [1.807, 2.05) is 6.92 Å². The van der Waals surface area contributed by atoms with Gasteiger partial charge in [-0.05, 0) is 38.5 Å². The Morgan fingerprint density at radius 3 is 2.52 bits per heavy atom. The Balaban J connectivity index is 2.17. The molecule has 21 heavy (non-hydrogen) atoms. The van der Waals surface area contributed by atoms with Crippen molar-refractivity contribution in [1.29, 1.82) is 0 Å². The fourth-order valence-electron chi connectivity index (χ4n) is 3.15. The zero-order valence-electron chi connectivity index (χ0n) is 14.2. The van der Waals surface area contributed by atoms with Crippen molar-refractivity contribution in [3.05, 3.63) is 11.4 Å². The topological polar surface area (TPSA) is 49.8 Å². The van der Waals surface area contributed by atoms with Crippen LogP contribution in [0, 0.1) is 25.7 Å². The molecule has 1 aliphatic rings. The van der Waals surface area contributed by atoms with Crippen molar-refractivity contribution in [2.75, 3.05) is 17.2 Å². The lowest BCUT2D eigenvalue weighted by Crippen LogP contribution is -2.35. The number of anilines is 2. The van der Waals surface area contributed by atoms with E-state index >= 15 is 0 Å². The Morgan fingerprint density at radius 2 is 1.81 bits per heavy atom. The normalized spacial score (nSPS) is 25.7. The van der Waals surface area contributed by atoms with E-state index in [1.54, 1.807) is 0 Å². The van der Waals surface area contributed by atoms with Gasteiger partial charge in [-0.15, -0.1) is 0 Å². The van der Waals surface area contributed by atoms with Crippen LogP contribution >= 0.6 is 0 Å². The van der Waals surface area contributed by atoms with Crippen molar-refractivity contribution < 1.29 is 0 Å². The second-order valence-electron chi connectivity index (χ2n) is 6.54.